The molecule has 0 spiro atoms. The van der Waals surface area contributed by atoms with Crippen LogP contribution in [0, 0.1) is 8.21 Å². The lowest BCUT2D eigenvalue weighted by atomic mass is 10.2. The Kier molecular flexibility index (Phi) is 3.71. The summed E-state index contributed by atoms with van der Waals surface area (Å²) < 4.78 is 8.15. The maximum atomic E-state index is 9.86. The Balaban J connectivity index is 1.97. The lowest BCUT2D eigenvalue weighted by molar-refractivity contribution is -0.162. The van der Waals surface area contributed by atoms with Gasteiger partial charge < -0.3 is 24.8 Å². The molecule has 9 heteroatoms. The van der Waals surface area contributed by atoms with Gasteiger partial charge in [-0.1, -0.05) is 12.2 Å². The molecular formula is C11H12IN3O4S. The van der Waals surface area contributed by atoms with E-state index in [9.17, 15) is 10.2 Å². The van der Waals surface area contributed by atoms with Crippen LogP contribution in [0.4, 0.5) is 0 Å². The van der Waals surface area contributed by atoms with E-state index in [1.807, 2.05) is 0 Å². The van der Waals surface area contributed by atoms with E-state index in [-0.39, 0.29) is 0 Å². The molecule has 3 N–H and O–H groups in total. The van der Waals surface area contributed by atoms with Gasteiger partial charge in [-0.05, 0) is 29.5 Å². The predicted octanol–water partition coefficient (Wildman–Crippen LogP) is 0.594. The Hall–Kier alpha value is -0.750. The fraction of sp³-hybridized carbons (Fsp3) is 0.455. The summed E-state index contributed by atoms with van der Waals surface area (Å²) in [4.78, 5) is 12.6. The van der Waals surface area contributed by atoms with Crippen LogP contribution >= 0.6 is 34.8 Å². The minimum Gasteiger partial charge on any atom is -0.387 e. The normalized spacial score (nSPS) is 30.0. The van der Waals surface area contributed by atoms with Crippen molar-refractivity contribution in [1.82, 2.24) is 14.7 Å². The van der Waals surface area contributed by atoms with E-state index in [1.165, 1.54) is 11.1 Å². The summed E-state index contributed by atoms with van der Waals surface area (Å²) in [5, 5.41) is 20.3. The van der Waals surface area contributed by atoms with Gasteiger partial charge in [-0.15, -0.1) is 0 Å². The third-order valence-corrected chi connectivity index (χ3v) is 4.33. The van der Waals surface area contributed by atoms with Crippen molar-refractivity contribution in [3.05, 3.63) is 20.7 Å². The summed E-state index contributed by atoms with van der Waals surface area (Å²) in [5.74, 6) is 0. The Morgan fingerprint density at radius 3 is 2.90 bits per heavy atom. The summed E-state index contributed by atoms with van der Waals surface area (Å²) in [6, 6.07) is 0. The highest BCUT2D eigenvalue weighted by Crippen LogP contribution is 2.24. The van der Waals surface area contributed by atoms with Gasteiger partial charge in [0.05, 0.1) is 24.0 Å². The first-order chi connectivity index (χ1) is 9.49. The fourth-order valence-electron chi connectivity index (χ4n) is 2.10. The average Bonchev–Trinajstić information content (AvgIpc) is 2.85. The van der Waals surface area contributed by atoms with Gasteiger partial charge in [-0.3, -0.25) is 0 Å². The molecule has 1 fully saturated rings. The molecular weight excluding hydrogens is 397 g/mol. The zero-order valence-electron chi connectivity index (χ0n) is 10.4. The molecule has 0 unspecified atom stereocenters. The molecule has 108 valence electrons. The highest BCUT2D eigenvalue weighted by atomic mass is 127. The number of nitrogens with zero attached hydrogens (tertiary/aromatic N) is 2. The van der Waals surface area contributed by atoms with Crippen LogP contribution in [0.15, 0.2) is 12.5 Å². The third kappa shape index (κ3) is 2.22. The molecule has 3 heterocycles. The van der Waals surface area contributed by atoms with E-state index in [4.69, 9.17) is 21.8 Å². The molecule has 4 atom stereocenters. The van der Waals surface area contributed by atoms with Crippen molar-refractivity contribution >= 4 is 45.8 Å². The quantitative estimate of drug-likeness (QED) is 0.497. The van der Waals surface area contributed by atoms with E-state index in [0.717, 1.165) is 8.96 Å². The third-order valence-electron chi connectivity index (χ3n) is 3.20. The Labute approximate surface area is 132 Å². The van der Waals surface area contributed by atoms with Gasteiger partial charge in [0.1, 0.15) is 16.8 Å². The fourth-order valence-corrected chi connectivity index (χ4v) is 3.31. The molecule has 1 aliphatic heterocycles. The largest absolute Gasteiger partial charge is 0.387 e. The van der Waals surface area contributed by atoms with Gasteiger partial charge in [0.2, 0.25) is 0 Å². The number of hydrogen-bond donors (Lipinski definition) is 3. The number of rotatable bonds is 2. The maximum absolute atomic E-state index is 9.86. The Morgan fingerprint density at radius 1 is 1.50 bits per heavy atom. The molecule has 2 aromatic rings. The van der Waals surface area contributed by atoms with Crippen LogP contribution in [0.2, 0.25) is 0 Å². The van der Waals surface area contributed by atoms with E-state index < -0.39 is 24.6 Å². The minimum absolute atomic E-state index is 0.465. The molecule has 0 bridgehead atoms. The van der Waals surface area contributed by atoms with E-state index in [2.05, 4.69) is 32.6 Å². The van der Waals surface area contributed by atoms with Gasteiger partial charge >= 0.3 is 0 Å². The summed E-state index contributed by atoms with van der Waals surface area (Å²) in [5.41, 5.74) is 0.624. The van der Waals surface area contributed by atoms with Crippen molar-refractivity contribution in [2.45, 2.75) is 31.5 Å². The van der Waals surface area contributed by atoms with Crippen molar-refractivity contribution in [1.29, 1.82) is 0 Å². The monoisotopic (exact) mass is 409 g/mol. The lowest BCUT2D eigenvalue weighted by Crippen LogP contribution is -2.37. The van der Waals surface area contributed by atoms with Gasteiger partial charge in [-0.2, -0.15) is 4.73 Å². The standard InChI is InChI=1S/C11H12IN3O4S/c1-4-7(16)8(17)11(18-4)19-15-2-5(12)6-9(15)13-3-14-10(6)20/h2-4,7-8,11,16-17H,1H3,(H,13,14,20)/t4-,7-,8-,11+/m1/s1. The van der Waals surface area contributed by atoms with Crippen molar-refractivity contribution in [3.8, 4) is 0 Å². The molecule has 3 rings (SSSR count). The molecule has 7 nitrogen and oxygen atoms in total. The number of halogens is 1. The first kappa shape index (κ1) is 14.2. The molecule has 0 aliphatic carbocycles. The molecule has 0 aromatic carbocycles. The number of H-pyrrole nitrogens is 1. The van der Waals surface area contributed by atoms with Crippen molar-refractivity contribution in [2.24, 2.45) is 0 Å². The van der Waals surface area contributed by atoms with Gasteiger partial charge in [0.25, 0.3) is 6.29 Å². The molecule has 20 heavy (non-hydrogen) atoms. The highest BCUT2D eigenvalue weighted by Gasteiger charge is 2.42. The first-order valence-electron chi connectivity index (χ1n) is 5.92. The second-order valence-electron chi connectivity index (χ2n) is 4.53. The van der Waals surface area contributed by atoms with Gasteiger partial charge in [0.15, 0.2) is 5.65 Å². The molecule has 1 saturated heterocycles. The van der Waals surface area contributed by atoms with E-state index in [1.54, 1.807) is 13.1 Å². The van der Waals surface area contributed by atoms with Crippen molar-refractivity contribution in [3.63, 3.8) is 0 Å². The maximum Gasteiger partial charge on any atom is 0.253 e. The summed E-state index contributed by atoms with van der Waals surface area (Å²) in [7, 11) is 0. The van der Waals surface area contributed by atoms with Crippen LogP contribution in [0.3, 0.4) is 0 Å². The zero-order chi connectivity index (χ0) is 14.4. The number of aliphatic hydroxyl groups excluding tert-OH is 2. The lowest BCUT2D eigenvalue weighted by Gasteiger charge is -2.17. The number of hydrogen-bond acceptors (Lipinski definition) is 6. The van der Waals surface area contributed by atoms with Crippen LogP contribution in [0.5, 0.6) is 0 Å². The second kappa shape index (κ2) is 5.22. The van der Waals surface area contributed by atoms with E-state index in [0.29, 0.717) is 10.3 Å². The molecule has 0 radical (unpaired) electrons. The number of aliphatic hydroxyl groups is 2. The van der Waals surface area contributed by atoms with Crippen LogP contribution in [-0.4, -0.2) is 49.5 Å². The van der Waals surface area contributed by atoms with Gasteiger partial charge in [-0.25, -0.2) is 4.98 Å². The van der Waals surface area contributed by atoms with Crippen LogP contribution in [0.1, 0.15) is 6.92 Å². The Morgan fingerprint density at radius 2 is 2.25 bits per heavy atom. The topological polar surface area (TPSA) is 92.5 Å². The van der Waals surface area contributed by atoms with Crippen molar-refractivity contribution < 1.29 is 19.8 Å². The predicted molar refractivity (Wildman–Crippen MR) is 80.6 cm³/mol. The van der Waals surface area contributed by atoms with Crippen LogP contribution < -0.4 is 4.84 Å². The average molecular weight is 409 g/mol. The van der Waals surface area contributed by atoms with Crippen LogP contribution in [0.25, 0.3) is 11.0 Å². The molecule has 0 amide bonds. The summed E-state index contributed by atoms with van der Waals surface area (Å²) >= 11 is 7.30. The highest BCUT2D eigenvalue weighted by molar-refractivity contribution is 14.1. The number of ether oxygens (including phenoxy) is 1. The molecule has 0 saturated carbocycles. The molecule has 2 aromatic heterocycles. The molecule has 1 aliphatic rings. The number of nitrogens with one attached hydrogen (secondary N) is 1. The van der Waals surface area contributed by atoms with Gasteiger partial charge in [0, 0.05) is 3.57 Å². The van der Waals surface area contributed by atoms with E-state index >= 15 is 0 Å². The first-order valence-corrected chi connectivity index (χ1v) is 7.40. The Bertz CT molecular complexity index is 703. The SMILES string of the molecule is C[C@H]1O[C@@H](On2cc(I)c3c(=S)nc[nH]c32)[C@H](O)[C@@H]1O. The second-order valence-corrected chi connectivity index (χ2v) is 6.08. The smallest absolute Gasteiger partial charge is 0.253 e. The number of aromatic amines is 1. The number of aromatic nitrogens is 3. The van der Waals surface area contributed by atoms with Crippen molar-refractivity contribution in [2.75, 3.05) is 0 Å². The number of fused-ring (bicyclic) bond motifs is 1. The minimum atomic E-state index is -1.11. The zero-order valence-corrected chi connectivity index (χ0v) is 13.3. The van der Waals surface area contributed by atoms with Crippen LogP contribution in [-0.2, 0) is 4.74 Å². The summed E-state index contributed by atoms with van der Waals surface area (Å²) in [6.07, 6.45) is -0.321. The summed E-state index contributed by atoms with van der Waals surface area (Å²) in [6.45, 7) is 1.67.